The number of alkyl halides is 1. The highest BCUT2D eigenvalue weighted by Gasteiger charge is 2.24. The summed E-state index contributed by atoms with van der Waals surface area (Å²) in [7, 11) is 0.991. The average Bonchev–Trinajstić information content (AvgIpc) is 2.60. The normalized spacial score (nSPS) is 11.4. The van der Waals surface area contributed by atoms with Gasteiger partial charge in [-0.25, -0.2) is 17.6 Å². The zero-order valence-corrected chi connectivity index (χ0v) is 9.86. The molecule has 90 valence electrons. The molecule has 0 unspecified atom stereocenters. The number of rotatable bonds is 4. The molecule has 1 rings (SSSR count). The molecule has 0 radical (unpaired) electrons. The van der Waals surface area contributed by atoms with Gasteiger partial charge in [-0.1, -0.05) is 0 Å². The van der Waals surface area contributed by atoms with Gasteiger partial charge in [0.15, 0.2) is 0 Å². The van der Waals surface area contributed by atoms with Crippen LogP contribution in [-0.4, -0.2) is 26.0 Å². The third-order valence-electron chi connectivity index (χ3n) is 1.82. The Morgan fingerprint density at radius 2 is 2.25 bits per heavy atom. The molecule has 0 spiro atoms. The van der Waals surface area contributed by atoms with Crippen molar-refractivity contribution in [2.24, 2.45) is 0 Å². The number of aromatic nitrogens is 1. The molecule has 16 heavy (non-hydrogen) atoms. The van der Waals surface area contributed by atoms with E-state index in [0.717, 1.165) is 6.20 Å². The number of aromatic amines is 1. The van der Waals surface area contributed by atoms with E-state index >= 15 is 0 Å². The Balaban J connectivity index is 3.24. The molecule has 1 aromatic rings. The molecule has 0 atom stereocenters. The highest BCUT2D eigenvalue weighted by Crippen LogP contribution is 2.24. The van der Waals surface area contributed by atoms with Crippen molar-refractivity contribution < 1.29 is 22.3 Å². The zero-order valence-electron chi connectivity index (χ0n) is 8.29. The van der Waals surface area contributed by atoms with Gasteiger partial charge in [-0.15, -0.1) is 0 Å². The van der Waals surface area contributed by atoms with Gasteiger partial charge in [-0.05, 0) is 6.92 Å². The summed E-state index contributed by atoms with van der Waals surface area (Å²) < 4.78 is 39.3. The number of carbonyl (C=O) groups is 1. The molecule has 0 saturated carbocycles. The van der Waals surface area contributed by atoms with Crippen molar-refractivity contribution in [2.75, 3.05) is 6.61 Å². The van der Waals surface area contributed by atoms with Crippen LogP contribution in [0.3, 0.4) is 0 Å². The molecule has 1 N–H and O–H groups in total. The predicted octanol–water partition coefficient (Wildman–Crippen LogP) is 1.59. The maximum atomic E-state index is 12.7. The lowest BCUT2D eigenvalue weighted by atomic mass is 10.2. The highest BCUT2D eigenvalue weighted by atomic mass is 35.7. The van der Waals surface area contributed by atoms with Crippen molar-refractivity contribution >= 4 is 25.7 Å². The van der Waals surface area contributed by atoms with Crippen LogP contribution in [0.25, 0.3) is 0 Å². The van der Waals surface area contributed by atoms with Crippen LogP contribution >= 0.6 is 10.7 Å². The minimum absolute atomic E-state index is 0.104. The predicted molar refractivity (Wildman–Crippen MR) is 54.6 cm³/mol. The summed E-state index contributed by atoms with van der Waals surface area (Å²) in [4.78, 5) is 13.2. The molecule has 0 aliphatic carbocycles. The molecule has 1 heterocycles. The molecule has 0 aliphatic heterocycles. The largest absolute Gasteiger partial charge is 0.461 e. The van der Waals surface area contributed by atoms with E-state index in [1.807, 2.05) is 0 Å². The van der Waals surface area contributed by atoms with Crippen molar-refractivity contribution in [3.63, 3.8) is 0 Å². The van der Waals surface area contributed by atoms with Gasteiger partial charge in [0.2, 0.25) is 0 Å². The lowest BCUT2D eigenvalue weighted by molar-refractivity contribution is 0.0518. The summed E-state index contributed by atoms with van der Waals surface area (Å²) in [6.07, 6.45) is 0.962. The quantitative estimate of drug-likeness (QED) is 0.665. The number of nitrogens with one attached hydrogen (secondary N) is 1. The van der Waals surface area contributed by atoms with Crippen molar-refractivity contribution in [3.05, 3.63) is 17.5 Å². The zero-order chi connectivity index (χ0) is 12.3. The van der Waals surface area contributed by atoms with Crippen LogP contribution in [0.4, 0.5) is 4.39 Å². The van der Waals surface area contributed by atoms with Crippen LogP contribution in [0, 0.1) is 0 Å². The Morgan fingerprint density at radius 1 is 1.62 bits per heavy atom. The number of carbonyl (C=O) groups excluding carboxylic acids is 1. The van der Waals surface area contributed by atoms with E-state index in [1.165, 1.54) is 0 Å². The van der Waals surface area contributed by atoms with Gasteiger partial charge in [0.05, 0.1) is 6.61 Å². The fraction of sp³-hybridized carbons (Fsp3) is 0.375. The highest BCUT2D eigenvalue weighted by molar-refractivity contribution is 8.13. The Morgan fingerprint density at radius 3 is 2.69 bits per heavy atom. The Hall–Kier alpha value is -1.08. The number of esters is 1. The number of ether oxygens (including phenoxy) is 1. The molecule has 0 aromatic carbocycles. The Bertz CT molecular complexity index is 496. The average molecular weight is 270 g/mol. The second-order valence-electron chi connectivity index (χ2n) is 2.80. The first-order chi connectivity index (χ1) is 7.41. The third-order valence-corrected chi connectivity index (χ3v) is 3.21. The van der Waals surface area contributed by atoms with Crippen LogP contribution in [0.1, 0.15) is 23.0 Å². The first kappa shape index (κ1) is 13.0. The van der Waals surface area contributed by atoms with Crippen LogP contribution in [-0.2, 0) is 20.5 Å². The van der Waals surface area contributed by atoms with Gasteiger partial charge in [-0.3, -0.25) is 0 Å². The van der Waals surface area contributed by atoms with E-state index in [1.54, 1.807) is 6.92 Å². The van der Waals surface area contributed by atoms with Gasteiger partial charge in [-0.2, -0.15) is 0 Å². The van der Waals surface area contributed by atoms with E-state index in [9.17, 15) is 17.6 Å². The van der Waals surface area contributed by atoms with Crippen LogP contribution in [0.15, 0.2) is 11.1 Å². The first-order valence-corrected chi connectivity index (χ1v) is 6.60. The number of halogens is 2. The monoisotopic (exact) mass is 269 g/mol. The maximum Gasteiger partial charge on any atom is 0.355 e. The lowest BCUT2D eigenvalue weighted by Crippen LogP contribution is -2.08. The SMILES string of the molecule is CCOC(=O)c1[nH]cc(S(=O)(=O)Cl)c1CF. The summed E-state index contributed by atoms with van der Waals surface area (Å²) in [6.45, 7) is 0.556. The third kappa shape index (κ3) is 2.53. The molecule has 0 amide bonds. The lowest BCUT2D eigenvalue weighted by Gasteiger charge is -2.01. The molecule has 0 bridgehead atoms. The van der Waals surface area contributed by atoms with Gasteiger partial charge < -0.3 is 9.72 Å². The summed E-state index contributed by atoms with van der Waals surface area (Å²) >= 11 is 0. The maximum absolute atomic E-state index is 12.7. The van der Waals surface area contributed by atoms with Gasteiger partial charge in [0, 0.05) is 22.4 Å². The van der Waals surface area contributed by atoms with Crippen LogP contribution < -0.4 is 0 Å². The minimum Gasteiger partial charge on any atom is -0.461 e. The topological polar surface area (TPSA) is 76.2 Å². The van der Waals surface area contributed by atoms with Gasteiger partial charge in [0.25, 0.3) is 9.05 Å². The minimum atomic E-state index is -4.08. The second kappa shape index (κ2) is 4.84. The van der Waals surface area contributed by atoms with E-state index in [-0.39, 0.29) is 17.9 Å². The Labute approximate surface area is 96.0 Å². The molecule has 8 heteroatoms. The summed E-state index contributed by atoms with van der Waals surface area (Å²) in [5.74, 6) is -0.818. The van der Waals surface area contributed by atoms with E-state index in [2.05, 4.69) is 9.72 Å². The van der Waals surface area contributed by atoms with Gasteiger partial charge in [0.1, 0.15) is 17.3 Å². The fourth-order valence-corrected chi connectivity index (χ4v) is 2.23. The number of hydrogen-bond donors (Lipinski definition) is 1. The number of H-pyrrole nitrogens is 1. The molecule has 0 saturated heterocycles. The van der Waals surface area contributed by atoms with E-state index in [0.29, 0.717) is 0 Å². The number of hydrogen-bond acceptors (Lipinski definition) is 4. The van der Waals surface area contributed by atoms with Crippen molar-refractivity contribution in [2.45, 2.75) is 18.5 Å². The van der Waals surface area contributed by atoms with Crippen LogP contribution in [0.2, 0.25) is 0 Å². The summed E-state index contributed by atoms with van der Waals surface area (Å²) in [6, 6.07) is 0. The van der Waals surface area contributed by atoms with E-state index < -0.39 is 26.6 Å². The summed E-state index contributed by atoms with van der Waals surface area (Å²) in [5, 5.41) is 0. The smallest absolute Gasteiger partial charge is 0.355 e. The summed E-state index contributed by atoms with van der Waals surface area (Å²) in [5.41, 5.74) is -0.544. The molecule has 5 nitrogen and oxygen atoms in total. The molecule has 0 aliphatic rings. The Kier molecular flexibility index (Phi) is 3.93. The standard InChI is InChI=1S/C8H9ClFNO4S/c1-2-15-8(12)7-5(3-10)6(4-11-7)16(9,13)14/h4,11H,2-3H2,1H3. The molecule has 1 aromatic heterocycles. The van der Waals surface area contributed by atoms with Gasteiger partial charge >= 0.3 is 5.97 Å². The molecular weight excluding hydrogens is 261 g/mol. The molecular formula is C8H9ClFNO4S. The van der Waals surface area contributed by atoms with Crippen molar-refractivity contribution in [1.82, 2.24) is 4.98 Å². The second-order valence-corrected chi connectivity index (χ2v) is 5.33. The van der Waals surface area contributed by atoms with Crippen molar-refractivity contribution in [3.8, 4) is 0 Å². The van der Waals surface area contributed by atoms with E-state index in [4.69, 9.17) is 10.7 Å². The van der Waals surface area contributed by atoms with Crippen molar-refractivity contribution in [1.29, 1.82) is 0 Å². The first-order valence-electron chi connectivity index (χ1n) is 4.29. The fourth-order valence-electron chi connectivity index (χ4n) is 1.17. The molecule has 0 fully saturated rings. The van der Waals surface area contributed by atoms with Crippen LogP contribution in [0.5, 0.6) is 0 Å².